The van der Waals surface area contributed by atoms with Crippen molar-refractivity contribution in [3.8, 4) is 6.07 Å². The second-order valence-electron chi connectivity index (χ2n) is 7.71. The fraction of sp³-hybridized carbons (Fsp3) is 0.560. The van der Waals surface area contributed by atoms with E-state index in [9.17, 15) is 5.26 Å². The van der Waals surface area contributed by atoms with Crippen LogP contribution in [0.3, 0.4) is 0 Å². The molecule has 0 saturated heterocycles. The molecule has 0 radical (unpaired) electrons. The predicted molar refractivity (Wildman–Crippen MR) is 118 cm³/mol. The summed E-state index contributed by atoms with van der Waals surface area (Å²) in [5, 5.41) is 10.1. The van der Waals surface area contributed by atoms with Crippen LogP contribution in [0.4, 0.5) is 0 Å². The molecule has 0 saturated carbocycles. The van der Waals surface area contributed by atoms with Crippen LogP contribution in [0, 0.1) is 11.3 Å². The average Bonchev–Trinajstić information content (AvgIpc) is 3.18. The Bertz CT molecular complexity index is 718. The molecule has 0 aliphatic rings. The number of hydrogen-bond acceptors (Lipinski definition) is 4. The lowest BCUT2D eigenvalue weighted by Crippen LogP contribution is -2.36. The van der Waals surface area contributed by atoms with Crippen LogP contribution >= 0.6 is 0 Å². The molecule has 0 bridgehead atoms. The molecule has 0 amide bonds. The number of rotatable bonds is 13. The normalized spacial score (nSPS) is 15.5. The highest BCUT2D eigenvalue weighted by molar-refractivity contribution is 5.28. The Kier molecular flexibility index (Phi) is 11.3. The van der Waals surface area contributed by atoms with Crippen LogP contribution in [0.25, 0.3) is 0 Å². The van der Waals surface area contributed by atoms with Crippen LogP contribution in [0.1, 0.15) is 72.8 Å². The van der Waals surface area contributed by atoms with Crippen molar-refractivity contribution in [2.24, 2.45) is 0 Å². The Labute approximate surface area is 176 Å². The Morgan fingerprint density at radius 2 is 1.97 bits per heavy atom. The SMILES string of the molecule is CCOC(C)OC(C#N)(C/C=C(\C)CCC=C(C)C)/C(C)=C/CCc1ccoc1. The highest BCUT2D eigenvalue weighted by atomic mass is 16.7. The smallest absolute Gasteiger partial charge is 0.181 e. The number of allylic oxidation sites excluding steroid dienone is 4. The second-order valence-corrected chi connectivity index (χ2v) is 7.71. The fourth-order valence-electron chi connectivity index (χ4n) is 3.08. The molecule has 4 nitrogen and oxygen atoms in total. The second kappa shape index (κ2) is 13.2. The summed E-state index contributed by atoms with van der Waals surface area (Å²) in [6.07, 6.45) is 13.7. The van der Waals surface area contributed by atoms with Gasteiger partial charge in [-0.05, 0) is 84.4 Å². The lowest BCUT2D eigenvalue weighted by molar-refractivity contribution is -0.169. The van der Waals surface area contributed by atoms with Gasteiger partial charge >= 0.3 is 0 Å². The van der Waals surface area contributed by atoms with E-state index in [1.807, 2.05) is 26.8 Å². The molecule has 0 aliphatic carbocycles. The maximum absolute atomic E-state index is 10.1. The van der Waals surface area contributed by atoms with Crippen molar-refractivity contribution >= 4 is 0 Å². The van der Waals surface area contributed by atoms with Crippen LogP contribution in [-0.4, -0.2) is 18.5 Å². The number of hydrogen-bond donors (Lipinski definition) is 0. The molecule has 2 unspecified atom stereocenters. The molecule has 160 valence electrons. The van der Waals surface area contributed by atoms with Crippen molar-refractivity contribution in [1.29, 1.82) is 5.26 Å². The number of nitriles is 1. The average molecular weight is 400 g/mol. The maximum atomic E-state index is 10.1. The Hall–Kier alpha value is -2.09. The van der Waals surface area contributed by atoms with Crippen molar-refractivity contribution in [1.82, 2.24) is 0 Å². The summed E-state index contributed by atoms with van der Waals surface area (Å²) < 4.78 is 16.8. The van der Waals surface area contributed by atoms with E-state index < -0.39 is 11.9 Å². The number of nitrogens with zero attached hydrogens (tertiary/aromatic N) is 1. The van der Waals surface area contributed by atoms with E-state index in [-0.39, 0.29) is 0 Å². The van der Waals surface area contributed by atoms with Crippen LogP contribution in [-0.2, 0) is 15.9 Å². The first-order chi connectivity index (χ1) is 13.8. The zero-order valence-corrected chi connectivity index (χ0v) is 19.0. The van der Waals surface area contributed by atoms with Crippen LogP contribution < -0.4 is 0 Å². The molecule has 1 heterocycles. The summed E-state index contributed by atoms with van der Waals surface area (Å²) in [6, 6.07) is 4.40. The molecule has 1 aromatic rings. The Morgan fingerprint density at radius 1 is 1.21 bits per heavy atom. The summed E-state index contributed by atoms with van der Waals surface area (Å²) in [6.45, 7) is 12.6. The van der Waals surface area contributed by atoms with E-state index in [0.717, 1.165) is 36.8 Å². The van der Waals surface area contributed by atoms with Crippen molar-refractivity contribution in [3.63, 3.8) is 0 Å². The van der Waals surface area contributed by atoms with Crippen molar-refractivity contribution in [2.75, 3.05) is 6.61 Å². The van der Waals surface area contributed by atoms with Gasteiger partial charge in [0, 0.05) is 13.0 Å². The minimum atomic E-state index is -1.03. The third kappa shape index (κ3) is 9.30. The van der Waals surface area contributed by atoms with Gasteiger partial charge in [-0.25, -0.2) is 0 Å². The van der Waals surface area contributed by atoms with Gasteiger partial charge in [-0.3, -0.25) is 0 Å². The number of aryl methyl sites for hydroxylation is 1. The highest BCUT2D eigenvalue weighted by Crippen LogP contribution is 2.29. The summed E-state index contributed by atoms with van der Waals surface area (Å²) in [4.78, 5) is 0. The molecular weight excluding hydrogens is 362 g/mol. The first-order valence-corrected chi connectivity index (χ1v) is 10.5. The van der Waals surface area contributed by atoms with E-state index in [0.29, 0.717) is 13.0 Å². The summed E-state index contributed by atoms with van der Waals surface area (Å²) in [5.41, 5.74) is 3.64. The van der Waals surface area contributed by atoms with E-state index in [4.69, 9.17) is 13.9 Å². The first kappa shape index (κ1) is 24.9. The third-order valence-electron chi connectivity index (χ3n) is 4.88. The summed E-state index contributed by atoms with van der Waals surface area (Å²) in [7, 11) is 0. The molecule has 0 aromatic carbocycles. The van der Waals surface area contributed by atoms with E-state index >= 15 is 0 Å². The number of ether oxygens (including phenoxy) is 2. The molecule has 29 heavy (non-hydrogen) atoms. The van der Waals surface area contributed by atoms with Gasteiger partial charge in [0.05, 0.1) is 12.5 Å². The van der Waals surface area contributed by atoms with Gasteiger partial charge in [-0.15, -0.1) is 0 Å². The van der Waals surface area contributed by atoms with Crippen molar-refractivity contribution in [3.05, 3.63) is 59.1 Å². The third-order valence-corrected chi connectivity index (χ3v) is 4.88. The lowest BCUT2D eigenvalue weighted by atomic mass is 9.89. The molecule has 4 heteroatoms. The Balaban J connectivity index is 2.93. The molecule has 0 spiro atoms. The van der Waals surface area contributed by atoms with Gasteiger partial charge in [0.2, 0.25) is 0 Å². The molecule has 0 N–H and O–H groups in total. The van der Waals surface area contributed by atoms with Gasteiger partial charge in [-0.2, -0.15) is 5.26 Å². The highest BCUT2D eigenvalue weighted by Gasteiger charge is 2.34. The molecule has 1 rings (SSSR count). The molecule has 0 aliphatic heterocycles. The quantitative estimate of drug-likeness (QED) is 0.267. The van der Waals surface area contributed by atoms with Crippen LogP contribution in [0.15, 0.2) is 58.0 Å². The van der Waals surface area contributed by atoms with Gasteiger partial charge < -0.3 is 13.9 Å². The number of furan rings is 1. The van der Waals surface area contributed by atoms with E-state index in [1.54, 1.807) is 12.5 Å². The maximum Gasteiger partial charge on any atom is 0.181 e. The minimum Gasteiger partial charge on any atom is -0.472 e. The van der Waals surface area contributed by atoms with Crippen molar-refractivity contribution in [2.45, 2.75) is 85.5 Å². The van der Waals surface area contributed by atoms with Crippen molar-refractivity contribution < 1.29 is 13.9 Å². The lowest BCUT2D eigenvalue weighted by Gasteiger charge is -2.30. The Morgan fingerprint density at radius 3 is 2.55 bits per heavy atom. The van der Waals surface area contributed by atoms with Crippen LogP contribution in [0.5, 0.6) is 0 Å². The van der Waals surface area contributed by atoms with Gasteiger partial charge in [-0.1, -0.05) is 29.4 Å². The summed E-state index contributed by atoms with van der Waals surface area (Å²) >= 11 is 0. The van der Waals surface area contributed by atoms with E-state index in [2.05, 4.69) is 45.1 Å². The standard InChI is InChI=1S/C25H37NO3/c1-7-28-23(6)29-25(19-26,16-14-21(4)11-8-10-20(2)3)22(5)12-9-13-24-15-17-27-18-24/h10,12,14-15,17-18,23H,7-9,11,13,16H2,1-6H3/b21-14+,22-12+. The molecule has 0 fully saturated rings. The predicted octanol–water partition coefficient (Wildman–Crippen LogP) is 6.90. The van der Waals surface area contributed by atoms with E-state index in [1.165, 1.54) is 11.1 Å². The molecular formula is C25H37NO3. The topological polar surface area (TPSA) is 55.4 Å². The molecule has 1 aromatic heterocycles. The fourth-order valence-corrected chi connectivity index (χ4v) is 3.08. The summed E-state index contributed by atoms with van der Waals surface area (Å²) in [5.74, 6) is 0. The minimum absolute atomic E-state index is 0.448. The van der Waals surface area contributed by atoms with Crippen LogP contribution in [0.2, 0.25) is 0 Å². The zero-order chi connectivity index (χ0) is 21.7. The van der Waals surface area contributed by atoms with Gasteiger partial charge in [0.1, 0.15) is 6.07 Å². The first-order valence-electron chi connectivity index (χ1n) is 10.5. The largest absolute Gasteiger partial charge is 0.472 e. The van der Waals surface area contributed by atoms with Gasteiger partial charge in [0.25, 0.3) is 0 Å². The monoisotopic (exact) mass is 399 g/mol. The molecule has 2 atom stereocenters. The zero-order valence-electron chi connectivity index (χ0n) is 19.0. The van der Waals surface area contributed by atoms with Gasteiger partial charge in [0.15, 0.2) is 11.9 Å².